The standard InChI is InChI=1S/C31H39NO10/c1-3-13-39-14-15-40-16-17-41-31(30(37)38)19-25(33)21(2)29(42-31)28(36)26(34)20-32-27(35)18-22-9-11-24(12-10-22)23-7-5-4-6-8-23/h1,4-12,21,25-26,28-29,33-34,36H,13-20H2,2H3,(H,32,35)(H,37,38)/t21-,25+,26-,28-,29-,31-/m1/s1. The van der Waals surface area contributed by atoms with Gasteiger partial charge in [-0.15, -0.1) is 6.42 Å². The van der Waals surface area contributed by atoms with Crippen molar-refractivity contribution in [3.63, 3.8) is 0 Å². The van der Waals surface area contributed by atoms with Crippen LogP contribution in [0.15, 0.2) is 54.6 Å². The second-order valence-corrected chi connectivity index (χ2v) is 10.1. The van der Waals surface area contributed by atoms with Crippen LogP contribution in [-0.2, 0) is 35.0 Å². The Kier molecular flexibility index (Phi) is 12.9. The largest absolute Gasteiger partial charge is 0.477 e. The maximum atomic E-state index is 12.5. The van der Waals surface area contributed by atoms with Gasteiger partial charge in [0, 0.05) is 18.9 Å². The molecule has 0 spiro atoms. The van der Waals surface area contributed by atoms with Crippen LogP contribution in [0.3, 0.4) is 0 Å². The number of carbonyl (C=O) groups excluding carboxylic acids is 1. The average Bonchev–Trinajstić information content (AvgIpc) is 2.99. The van der Waals surface area contributed by atoms with Crippen LogP contribution in [-0.4, -0.2) is 102 Å². The predicted octanol–water partition coefficient (Wildman–Crippen LogP) is 0.984. The third-order valence-corrected chi connectivity index (χ3v) is 7.04. The highest BCUT2D eigenvalue weighted by Crippen LogP contribution is 2.36. The van der Waals surface area contributed by atoms with E-state index in [1.165, 1.54) is 0 Å². The van der Waals surface area contributed by atoms with E-state index in [4.69, 9.17) is 25.4 Å². The first-order chi connectivity index (χ1) is 20.2. The molecule has 0 unspecified atom stereocenters. The molecule has 1 amide bonds. The van der Waals surface area contributed by atoms with E-state index in [1.54, 1.807) is 6.92 Å². The minimum Gasteiger partial charge on any atom is -0.477 e. The third-order valence-electron chi connectivity index (χ3n) is 7.04. The molecule has 2 aromatic carbocycles. The Bertz CT molecular complexity index is 1170. The molecule has 0 aliphatic carbocycles. The van der Waals surface area contributed by atoms with E-state index in [-0.39, 0.29) is 51.9 Å². The van der Waals surface area contributed by atoms with E-state index in [2.05, 4.69) is 11.2 Å². The van der Waals surface area contributed by atoms with E-state index in [9.17, 15) is 30.0 Å². The third kappa shape index (κ3) is 9.34. The molecule has 0 radical (unpaired) electrons. The molecular formula is C31H39NO10. The molecule has 1 aliphatic rings. The van der Waals surface area contributed by atoms with Crippen molar-refractivity contribution in [2.45, 2.75) is 50.0 Å². The van der Waals surface area contributed by atoms with Crippen molar-refractivity contribution in [2.24, 2.45) is 5.92 Å². The molecule has 6 atom stereocenters. The molecule has 1 saturated heterocycles. The molecule has 0 bridgehead atoms. The second-order valence-electron chi connectivity index (χ2n) is 10.1. The molecule has 0 saturated carbocycles. The van der Waals surface area contributed by atoms with Crippen LogP contribution < -0.4 is 5.32 Å². The lowest BCUT2D eigenvalue weighted by molar-refractivity contribution is -0.318. The van der Waals surface area contributed by atoms with Crippen molar-refractivity contribution in [2.75, 3.05) is 39.6 Å². The number of rotatable bonds is 16. The number of ether oxygens (including phenoxy) is 4. The molecule has 11 nitrogen and oxygen atoms in total. The highest BCUT2D eigenvalue weighted by atomic mass is 16.7. The minimum atomic E-state index is -2.27. The lowest BCUT2D eigenvalue weighted by Gasteiger charge is -2.45. The second kappa shape index (κ2) is 16.3. The Balaban J connectivity index is 1.51. The van der Waals surface area contributed by atoms with Gasteiger partial charge in [-0.1, -0.05) is 67.4 Å². The van der Waals surface area contributed by atoms with Gasteiger partial charge in [0.25, 0.3) is 5.79 Å². The van der Waals surface area contributed by atoms with E-state index in [0.29, 0.717) is 0 Å². The summed E-state index contributed by atoms with van der Waals surface area (Å²) in [6.07, 6.45) is -0.911. The summed E-state index contributed by atoms with van der Waals surface area (Å²) in [6, 6.07) is 17.3. The van der Waals surface area contributed by atoms with Crippen molar-refractivity contribution in [1.29, 1.82) is 0 Å². The van der Waals surface area contributed by atoms with Gasteiger partial charge in [-0.3, -0.25) is 4.79 Å². The van der Waals surface area contributed by atoms with Crippen LogP contribution in [0.2, 0.25) is 0 Å². The van der Waals surface area contributed by atoms with E-state index in [1.807, 2.05) is 54.6 Å². The van der Waals surface area contributed by atoms with E-state index < -0.39 is 48.5 Å². The fourth-order valence-electron chi connectivity index (χ4n) is 4.60. The first-order valence-corrected chi connectivity index (χ1v) is 13.8. The number of amides is 1. The molecule has 1 heterocycles. The summed E-state index contributed by atoms with van der Waals surface area (Å²) in [5, 5.41) is 44.6. The number of aliphatic hydroxyl groups excluding tert-OH is 3. The first kappa shape index (κ1) is 33.2. The highest BCUT2D eigenvalue weighted by molar-refractivity contribution is 5.79. The molecule has 0 aromatic heterocycles. The minimum absolute atomic E-state index is 0.0142. The number of nitrogens with one attached hydrogen (secondary N) is 1. The Morgan fingerprint density at radius 2 is 1.69 bits per heavy atom. The van der Waals surface area contributed by atoms with Crippen molar-refractivity contribution in [3.05, 3.63) is 60.2 Å². The first-order valence-electron chi connectivity index (χ1n) is 13.8. The van der Waals surface area contributed by atoms with Crippen LogP contribution in [0.1, 0.15) is 18.9 Å². The summed E-state index contributed by atoms with van der Waals surface area (Å²) < 4.78 is 21.6. The summed E-state index contributed by atoms with van der Waals surface area (Å²) in [5.74, 6) is -2.56. The number of carboxylic acid groups (broad SMARTS) is 1. The topological polar surface area (TPSA) is 164 Å². The Hall–Kier alpha value is -3.34. The fourth-order valence-corrected chi connectivity index (χ4v) is 4.60. The molecule has 228 valence electrons. The van der Waals surface area contributed by atoms with Gasteiger partial charge in [0.05, 0.1) is 51.2 Å². The highest BCUT2D eigenvalue weighted by Gasteiger charge is 2.54. The van der Waals surface area contributed by atoms with Gasteiger partial charge in [0.2, 0.25) is 5.91 Å². The molecule has 5 N–H and O–H groups in total. The van der Waals surface area contributed by atoms with Crippen LogP contribution >= 0.6 is 0 Å². The van der Waals surface area contributed by atoms with E-state index in [0.717, 1.165) is 16.7 Å². The number of aliphatic hydroxyl groups is 3. The van der Waals surface area contributed by atoms with Gasteiger partial charge >= 0.3 is 5.97 Å². The van der Waals surface area contributed by atoms with Crippen molar-refractivity contribution >= 4 is 11.9 Å². The smallest absolute Gasteiger partial charge is 0.364 e. The van der Waals surface area contributed by atoms with Crippen LogP contribution in [0.4, 0.5) is 0 Å². The van der Waals surface area contributed by atoms with Crippen molar-refractivity contribution < 1.29 is 49.0 Å². The average molecular weight is 586 g/mol. The van der Waals surface area contributed by atoms with Gasteiger partial charge in [-0.05, 0) is 16.7 Å². The molecule has 2 aromatic rings. The van der Waals surface area contributed by atoms with Crippen molar-refractivity contribution in [1.82, 2.24) is 5.32 Å². The normalized spacial score (nSPS) is 23.5. The predicted molar refractivity (Wildman–Crippen MR) is 152 cm³/mol. The summed E-state index contributed by atoms with van der Waals surface area (Å²) in [5.41, 5.74) is 2.84. The molecule has 1 aliphatic heterocycles. The Morgan fingerprint density at radius 1 is 1.05 bits per heavy atom. The van der Waals surface area contributed by atoms with Crippen LogP contribution in [0, 0.1) is 18.3 Å². The molecule has 1 fully saturated rings. The summed E-state index contributed by atoms with van der Waals surface area (Å²) >= 11 is 0. The summed E-state index contributed by atoms with van der Waals surface area (Å²) in [6.45, 7) is 1.69. The number of carboxylic acids is 1. The maximum absolute atomic E-state index is 12.5. The van der Waals surface area contributed by atoms with Crippen LogP contribution in [0.5, 0.6) is 0 Å². The fraction of sp³-hybridized carbons (Fsp3) is 0.484. The quantitative estimate of drug-likeness (QED) is 0.142. The molecule has 3 rings (SSSR count). The molecular weight excluding hydrogens is 546 g/mol. The zero-order valence-corrected chi connectivity index (χ0v) is 23.6. The summed E-state index contributed by atoms with van der Waals surface area (Å²) in [7, 11) is 0. The number of hydrogen-bond donors (Lipinski definition) is 5. The van der Waals surface area contributed by atoms with Gasteiger partial charge in [0.1, 0.15) is 12.7 Å². The lowest BCUT2D eigenvalue weighted by atomic mass is 9.84. The van der Waals surface area contributed by atoms with Crippen LogP contribution in [0.25, 0.3) is 11.1 Å². The van der Waals surface area contributed by atoms with E-state index >= 15 is 0 Å². The van der Waals surface area contributed by atoms with Gasteiger partial charge in [0.15, 0.2) is 0 Å². The Morgan fingerprint density at radius 3 is 2.36 bits per heavy atom. The number of aliphatic carboxylic acids is 1. The zero-order chi connectivity index (χ0) is 30.5. The maximum Gasteiger partial charge on any atom is 0.364 e. The lowest BCUT2D eigenvalue weighted by Crippen LogP contribution is -2.61. The number of terminal acetylenes is 1. The van der Waals surface area contributed by atoms with Crippen molar-refractivity contribution in [3.8, 4) is 23.5 Å². The zero-order valence-electron chi connectivity index (χ0n) is 23.6. The van der Waals surface area contributed by atoms with Gasteiger partial charge in [-0.2, -0.15) is 0 Å². The Labute approximate surface area is 245 Å². The SMILES string of the molecule is C#CCOCCOCCO[C@]1(C(=O)O)C[C@H](O)[C@@H](C)[C@H]([C@H](O)[C@H](O)CNC(=O)Cc2ccc(-c3ccccc3)cc2)O1. The van der Waals surface area contributed by atoms with Gasteiger partial charge in [-0.25, -0.2) is 4.79 Å². The summed E-state index contributed by atoms with van der Waals surface area (Å²) in [4.78, 5) is 24.7. The molecule has 11 heteroatoms. The molecule has 42 heavy (non-hydrogen) atoms. The monoisotopic (exact) mass is 585 g/mol. The number of carbonyl (C=O) groups is 2. The number of hydrogen-bond acceptors (Lipinski definition) is 9. The number of benzene rings is 2. The van der Waals surface area contributed by atoms with Gasteiger partial charge < -0.3 is 44.7 Å².